The van der Waals surface area contributed by atoms with Crippen LogP contribution < -0.4 is 9.47 Å². The second-order valence-corrected chi connectivity index (χ2v) is 8.44. The van der Waals surface area contributed by atoms with Gasteiger partial charge < -0.3 is 14.4 Å². The number of rotatable bonds is 10. The van der Waals surface area contributed by atoms with Crippen LogP contribution in [0.5, 0.6) is 11.5 Å². The Morgan fingerprint density at radius 2 is 1.77 bits per heavy atom. The fourth-order valence-corrected chi connectivity index (χ4v) is 4.14. The SMILES string of the molecule is COc1ccc(CCN(C/C(C)=C/c2ccccc2)C(=O)Cc2cccs2)cc1OC. The van der Waals surface area contributed by atoms with Crippen LogP contribution >= 0.6 is 11.3 Å². The van der Waals surface area contributed by atoms with Crippen LogP contribution in [-0.2, 0) is 17.6 Å². The molecule has 0 aliphatic heterocycles. The van der Waals surface area contributed by atoms with E-state index >= 15 is 0 Å². The van der Waals surface area contributed by atoms with Gasteiger partial charge in [0.15, 0.2) is 11.5 Å². The van der Waals surface area contributed by atoms with E-state index in [1.54, 1.807) is 25.6 Å². The van der Waals surface area contributed by atoms with E-state index in [4.69, 9.17) is 9.47 Å². The summed E-state index contributed by atoms with van der Waals surface area (Å²) >= 11 is 1.62. The largest absolute Gasteiger partial charge is 0.493 e. The number of carbonyl (C=O) groups excluding carboxylic acids is 1. The number of ether oxygens (including phenoxy) is 2. The molecule has 0 bridgehead atoms. The molecular formula is C26H29NO3S. The van der Waals surface area contributed by atoms with Crippen LogP contribution in [0, 0.1) is 0 Å². The van der Waals surface area contributed by atoms with Gasteiger partial charge in [-0.1, -0.05) is 54.1 Å². The molecule has 3 aromatic rings. The summed E-state index contributed by atoms with van der Waals surface area (Å²) in [7, 11) is 3.26. The van der Waals surface area contributed by atoms with Gasteiger partial charge in [-0.25, -0.2) is 0 Å². The van der Waals surface area contributed by atoms with Gasteiger partial charge in [0, 0.05) is 18.0 Å². The number of thiophene rings is 1. The van der Waals surface area contributed by atoms with Gasteiger partial charge >= 0.3 is 0 Å². The highest BCUT2D eigenvalue weighted by molar-refractivity contribution is 7.10. The lowest BCUT2D eigenvalue weighted by molar-refractivity contribution is -0.130. The van der Waals surface area contributed by atoms with Gasteiger partial charge in [-0.15, -0.1) is 11.3 Å². The van der Waals surface area contributed by atoms with Gasteiger partial charge in [-0.3, -0.25) is 4.79 Å². The van der Waals surface area contributed by atoms with E-state index in [0.717, 1.165) is 28.0 Å². The fourth-order valence-electron chi connectivity index (χ4n) is 3.45. The van der Waals surface area contributed by atoms with Gasteiger partial charge in [-0.05, 0) is 48.1 Å². The maximum atomic E-state index is 13.1. The quantitative estimate of drug-likeness (QED) is 0.423. The van der Waals surface area contributed by atoms with Crippen molar-refractivity contribution in [1.82, 2.24) is 4.90 Å². The minimum atomic E-state index is 0.142. The van der Waals surface area contributed by atoms with E-state index in [-0.39, 0.29) is 5.91 Å². The van der Waals surface area contributed by atoms with Crippen LogP contribution in [0.25, 0.3) is 6.08 Å². The second kappa shape index (κ2) is 11.4. The lowest BCUT2D eigenvalue weighted by Gasteiger charge is -2.23. The molecule has 0 radical (unpaired) electrons. The van der Waals surface area contributed by atoms with Crippen LogP contribution in [-0.4, -0.2) is 38.1 Å². The first-order valence-electron chi connectivity index (χ1n) is 10.3. The van der Waals surface area contributed by atoms with Crippen molar-refractivity contribution in [2.24, 2.45) is 0 Å². The Kier molecular flexibility index (Phi) is 8.30. The summed E-state index contributed by atoms with van der Waals surface area (Å²) in [5.41, 5.74) is 3.40. The molecule has 0 saturated heterocycles. The highest BCUT2D eigenvalue weighted by Gasteiger charge is 2.16. The molecule has 0 aliphatic carbocycles. The summed E-state index contributed by atoms with van der Waals surface area (Å²) in [6.45, 7) is 3.32. The van der Waals surface area contributed by atoms with E-state index in [1.807, 2.05) is 58.8 Å². The average molecular weight is 436 g/mol. The number of nitrogens with zero attached hydrogens (tertiary/aromatic N) is 1. The molecule has 0 atom stereocenters. The van der Waals surface area contributed by atoms with Gasteiger partial charge in [0.2, 0.25) is 5.91 Å². The van der Waals surface area contributed by atoms with Crippen molar-refractivity contribution in [3.05, 3.63) is 87.6 Å². The average Bonchev–Trinajstić information content (AvgIpc) is 3.30. The van der Waals surface area contributed by atoms with Crippen molar-refractivity contribution in [1.29, 1.82) is 0 Å². The van der Waals surface area contributed by atoms with Crippen molar-refractivity contribution < 1.29 is 14.3 Å². The summed E-state index contributed by atoms with van der Waals surface area (Å²) in [6, 6.07) is 20.1. The van der Waals surface area contributed by atoms with Gasteiger partial charge in [0.05, 0.1) is 20.6 Å². The minimum absolute atomic E-state index is 0.142. The highest BCUT2D eigenvalue weighted by Crippen LogP contribution is 2.27. The number of methoxy groups -OCH3 is 2. The van der Waals surface area contributed by atoms with Crippen LogP contribution in [0.1, 0.15) is 22.9 Å². The third-order valence-corrected chi connectivity index (χ3v) is 5.91. The lowest BCUT2D eigenvalue weighted by Crippen LogP contribution is -2.35. The van der Waals surface area contributed by atoms with E-state index in [9.17, 15) is 4.79 Å². The van der Waals surface area contributed by atoms with Crippen molar-refractivity contribution in [3.8, 4) is 11.5 Å². The smallest absolute Gasteiger partial charge is 0.228 e. The molecule has 1 amide bonds. The van der Waals surface area contributed by atoms with Crippen LogP contribution in [0.2, 0.25) is 0 Å². The summed E-state index contributed by atoms with van der Waals surface area (Å²) < 4.78 is 10.7. The predicted octanol–water partition coefficient (Wildman–Crippen LogP) is 5.48. The third kappa shape index (κ3) is 6.72. The van der Waals surface area contributed by atoms with Gasteiger partial charge in [-0.2, -0.15) is 0 Å². The molecule has 162 valence electrons. The summed E-state index contributed by atoms with van der Waals surface area (Å²) in [6.07, 6.45) is 3.32. The molecule has 1 aromatic heterocycles. The Balaban J connectivity index is 1.73. The van der Waals surface area contributed by atoms with Crippen molar-refractivity contribution in [3.63, 3.8) is 0 Å². The van der Waals surface area contributed by atoms with Crippen LogP contribution in [0.3, 0.4) is 0 Å². The number of carbonyl (C=O) groups is 1. The first kappa shape index (κ1) is 22.6. The molecule has 1 heterocycles. The maximum Gasteiger partial charge on any atom is 0.228 e. The number of benzene rings is 2. The lowest BCUT2D eigenvalue weighted by atomic mass is 10.1. The molecular weight excluding hydrogens is 406 g/mol. The molecule has 3 rings (SSSR count). The predicted molar refractivity (Wildman–Crippen MR) is 128 cm³/mol. The molecule has 2 aromatic carbocycles. The van der Waals surface area contributed by atoms with E-state index in [2.05, 4.69) is 25.1 Å². The molecule has 0 fully saturated rings. The Bertz CT molecular complexity index is 997. The molecule has 4 nitrogen and oxygen atoms in total. The third-order valence-electron chi connectivity index (χ3n) is 5.03. The van der Waals surface area contributed by atoms with E-state index in [1.165, 1.54) is 0 Å². The molecule has 5 heteroatoms. The van der Waals surface area contributed by atoms with Gasteiger partial charge in [0.25, 0.3) is 0 Å². The monoisotopic (exact) mass is 435 g/mol. The molecule has 0 saturated carbocycles. The van der Waals surface area contributed by atoms with E-state index < -0.39 is 0 Å². The topological polar surface area (TPSA) is 38.8 Å². The molecule has 31 heavy (non-hydrogen) atoms. The Morgan fingerprint density at radius 1 is 1.00 bits per heavy atom. The van der Waals surface area contributed by atoms with E-state index in [0.29, 0.717) is 31.0 Å². The zero-order chi connectivity index (χ0) is 22.1. The van der Waals surface area contributed by atoms with Crippen molar-refractivity contribution in [2.75, 3.05) is 27.3 Å². The Morgan fingerprint density at radius 3 is 2.45 bits per heavy atom. The highest BCUT2D eigenvalue weighted by atomic mass is 32.1. The fraction of sp³-hybridized carbons (Fsp3) is 0.269. The molecule has 0 unspecified atom stereocenters. The zero-order valence-electron chi connectivity index (χ0n) is 18.3. The maximum absolute atomic E-state index is 13.1. The summed E-state index contributed by atoms with van der Waals surface area (Å²) in [4.78, 5) is 16.1. The Hall–Kier alpha value is -3.05. The minimum Gasteiger partial charge on any atom is -0.493 e. The molecule has 0 aliphatic rings. The van der Waals surface area contributed by atoms with Crippen molar-refractivity contribution in [2.45, 2.75) is 19.8 Å². The number of hydrogen-bond acceptors (Lipinski definition) is 4. The van der Waals surface area contributed by atoms with Crippen LogP contribution in [0.15, 0.2) is 71.6 Å². The summed E-state index contributed by atoms with van der Waals surface area (Å²) in [5.74, 6) is 1.55. The van der Waals surface area contributed by atoms with Crippen molar-refractivity contribution >= 4 is 23.3 Å². The molecule has 0 spiro atoms. The van der Waals surface area contributed by atoms with Gasteiger partial charge in [0.1, 0.15) is 0 Å². The summed E-state index contributed by atoms with van der Waals surface area (Å²) in [5, 5.41) is 2.01. The number of amides is 1. The molecule has 0 N–H and O–H groups in total. The first-order chi connectivity index (χ1) is 15.1. The second-order valence-electron chi connectivity index (χ2n) is 7.41. The Labute approximate surface area is 188 Å². The first-order valence-corrected chi connectivity index (χ1v) is 11.2. The van der Waals surface area contributed by atoms with Crippen LogP contribution in [0.4, 0.5) is 0 Å². The zero-order valence-corrected chi connectivity index (χ0v) is 19.2. The normalized spacial score (nSPS) is 11.3. The number of hydrogen-bond donors (Lipinski definition) is 0. The standard InChI is InChI=1S/C26H29NO3S/c1-20(16-21-8-5-4-6-9-21)19-27(26(28)18-23-10-7-15-31-23)14-13-22-11-12-24(29-2)25(17-22)30-3/h4-12,15-17H,13-14,18-19H2,1-3H3/b20-16+.